The summed E-state index contributed by atoms with van der Waals surface area (Å²) in [5, 5.41) is 9.82. The molecule has 3 nitrogen and oxygen atoms in total. The number of nitrogens with zero attached hydrogens (tertiary/aromatic N) is 1. The molecular formula is C14H11Cl2NO2S. The highest BCUT2D eigenvalue weighted by atomic mass is 35.5. The van der Waals surface area contributed by atoms with Crippen LogP contribution in [0.2, 0.25) is 10.3 Å². The van der Waals surface area contributed by atoms with Gasteiger partial charge in [-0.25, -0.2) is 9.78 Å². The SMILES string of the molecule is Cc1ccc(SCc2ccc(Cl)nc2Cl)cc1C(=O)O. The van der Waals surface area contributed by atoms with Crippen LogP contribution < -0.4 is 0 Å². The number of carboxylic acid groups (broad SMARTS) is 1. The van der Waals surface area contributed by atoms with Crippen molar-refractivity contribution < 1.29 is 9.90 Å². The molecule has 1 heterocycles. The quantitative estimate of drug-likeness (QED) is 0.653. The third kappa shape index (κ3) is 3.66. The van der Waals surface area contributed by atoms with Crippen LogP contribution in [0, 0.1) is 6.92 Å². The van der Waals surface area contributed by atoms with Crippen molar-refractivity contribution in [3.05, 3.63) is 57.3 Å². The summed E-state index contributed by atoms with van der Waals surface area (Å²) in [5.74, 6) is -0.318. The van der Waals surface area contributed by atoms with E-state index in [0.29, 0.717) is 21.6 Å². The molecule has 1 aromatic heterocycles. The van der Waals surface area contributed by atoms with E-state index in [1.54, 1.807) is 25.1 Å². The second kappa shape index (κ2) is 6.48. The Balaban J connectivity index is 2.15. The van der Waals surface area contributed by atoms with E-state index in [1.807, 2.05) is 12.1 Å². The summed E-state index contributed by atoms with van der Waals surface area (Å²) in [5.41, 5.74) is 1.92. The van der Waals surface area contributed by atoms with Crippen LogP contribution in [-0.4, -0.2) is 16.1 Å². The van der Waals surface area contributed by atoms with E-state index in [-0.39, 0.29) is 0 Å². The lowest BCUT2D eigenvalue weighted by Gasteiger charge is -2.06. The number of thioether (sulfide) groups is 1. The minimum Gasteiger partial charge on any atom is -0.478 e. The standard InChI is InChI=1S/C14H11Cl2NO2S/c1-8-2-4-10(6-11(8)14(18)19)20-7-9-3-5-12(15)17-13(9)16/h2-6H,7H2,1H3,(H,18,19). The van der Waals surface area contributed by atoms with Crippen molar-refractivity contribution >= 4 is 40.9 Å². The topological polar surface area (TPSA) is 50.2 Å². The molecular weight excluding hydrogens is 317 g/mol. The van der Waals surface area contributed by atoms with Gasteiger partial charge in [0.1, 0.15) is 10.3 Å². The van der Waals surface area contributed by atoms with Crippen molar-refractivity contribution in [3.8, 4) is 0 Å². The molecule has 2 rings (SSSR count). The number of aryl methyl sites for hydroxylation is 1. The van der Waals surface area contributed by atoms with Crippen molar-refractivity contribution in [1.82, 2.24) is 4.98 Å². The van der Waals surface area contributed by atoms with Crippen molar-refractivity contribution in [2.75, 3.05) is 0 Å². The van der Waals surface area contributed by atoms with Crippen molar-refractivity contribution in [2.45, 2.75) is 17.6 Å². The molecule has 1 aromatic carbocycles. The maximum Gasteiger partial charge on any atom is 0.335 e. The van der Waals surface area contributed by atoms with E-state index in [0.717, 1.165) is 16.0 Å². The molecule has 0 aliphatic rings. The monoisotopic (exact) mass is 327 g/mol. The Labute approximate surface area is 130 Å². The Hall–Kier alpha value is -1.23. The lowest BCUT2D eigenvalue weighted by Crippen LogP contribution is -1.99. The average Bonchev–Trinajstić information content (AvgIpc) is 2.39. The molecule has 0 saturated heterocycles. The molecule has 0 unspecified atom stereocenters. The fraction of sp³-hybridized carbons (Fsp3) is 0.143. The van der Waals surface area contributed by atoms with Crippen LogP contribution in [0.15, 0.2) is 35.2 Å². The summed E-state index contributed by atoms with van der Waals surface area (Å²) >= 11 is 13.2. The van der Waals surface area contributed by atoms with Gasteiger partial charge in [-0.05, 0) is 36.2 Å². The Morgan fingerprint density at radius 2 is 2.05 bits per heavy atom. The van der Waals surface area contributed by atoms with Crippen LogP contribution in [0.5, 0.6) is 0 Å². The van der Waals surface area contributed by atoms with E-state index < -0.39 is 5.97 Å². The molecule has 0 amide bonds. The Morgan fingerprint density at radius 1 is 1.30 bits per heavy atom. The van der Waals surface area contributed by atoms with Crippen LogP contribution in [0.4, 0.5) is 0 Å². The van der Waals surface area contributed by atoms with Gasteiger partial charge < -0.3 is 5.11 Å². The molecule has 0 saturated carbocycles. The van der Waals surface area contributed by atoms with E-state index in [4.69, 9.17) is 28.3 Å². The number of carbonyl (C=O) groups is 1. The molecule has 6 heteroatoms. The Morgan fingerprint density at radius 3 is 2.70 bits per heavy atom. The normalized spacial score (nSPS) is 10.6. The molecule has 0 atom stereocenters. The fourth-order valence-electron chi connectivity index (χ4n) is 1.63. The van der Waals surface area contributed by atoms with Gasteiger partial charge in [-0.3, -0.25) is 0 Å². The van der Waals surface area contributed by atoms with Gasteiger partial charge in [0.15, 0.2) is 0 Å². The zero-order chi connectivity index (χ0) is 14.7. The summed E-state index contributed by atoms with van der Waals surface area (Å²) in [6.45, 7) is 1.78. The molecule has 104 valence electrons. The summed E-state index contributed by atoms with van der Waals surface area (Å²) in [6, 6.07) is 8.86. The second-order valence-corrected chi connectivity index (χ2v) is 5.95. The van der Waals surface area contributed by atoms with E-state index in [9.17, 15) is 4.79 Å². The summed E-state index contributed by atoms with van der Waals surface area (Å²) < 4.78 is 0. The first-order valence-corrected chi connectivity index (χ1v) is 7.49. The third-order valence-corrected chi connectivity index (χ3v) is 4.31. The minimum absolute atomic E-state index is 0.315. The second-order valence-electron chi connectivity index (χ2n) is 4.15. The molecule has 2 aromatic rings. The number of hydrogen-bond acceptors (Lipinski definition) is 3. The molecule has 1 N–H and O–H groups in total. The predicted molar refractivity (Wildman–Crippen MR) is 82.0 cm³/mol. The van der Waals surface area contributed by atoms with E-state index >= 15 is 0 Å². The smallest absolute Gasteiger partial charge is 0.335 e. The van der Waals surface area contributed by atoms with Crippen molar-refractivity contribution in [3.63, 3.8) is 0 Å². The highest BCUT2D eigenvalue weighted by Gasteiger charge is 2.09. The molecule has 0 aliphatic heterocycles. The molecule has 0 aliphatic carbocycles. The number of pyridine rings is 1. The summed E-state index contributed by atoms with van der Waals surface area (Å²) in [6.07, 6.45) is 0. The Kier molecular flexibility index (Phi) is 4.91. The maximum atomic E-state index is 11.1. The van der Waals surface area contributed by atoms with Crippen LogP contribution in [0.25, 0.3) is 0 Å². The van der Waals surface area contributed by atoms with Gasteiger partial charge in [0, 0.05) is 10.6 Å². The number of benzene rings is 1. The lowest BCUT2D eigenvalue weighted by atomic mass is 10.1. The third-order valence-electron chi connectivity index (χ3n) is 2.73. The zero-order valence-electron chi connectivity index (χ0n) is 10.6. The molecule has 0 bridgehead atoms. The number of aromatic carboxylic acids is 1. The first-order valence-electron chi connectivity index (χ1n) is 5.75. The van der Waals surface area contributed by atoms with Gasteiger partial charge in [-0.15, -0.1) is 11.8 Å². The molecule has 0 radical (unpaired) electrons. The van der Waals surface area contributed by atoms with Gasteiger partial charge in [0.05, 0.1) is 5.56 Å². The van der Waals surface area contributed by atoms with Gasteiger partial charge in [0.25, 0.3) is 0 Å². The lowest BCUT2D eigenvalue weighted by molar-refractivity contribution is 0.0696. The minimum atomic E-state index is -0.920. The predicted octanol–water partition coefficient (Wildman–Crippen LogP) is 4.69. The van der Waals surface area contributed by atoms with Crippen molar-refractivity contribution in [2.24, 2.45) is 0 Å². The van der Waals surface area contributed by atoms with Gasteiger partial charge >= 0.3 is 5.97 Å². The Bertz CT molecular complexity index is 662. The van der Waals surface area contributed by atoms with E-state index in [1.165, 1.54) is 11.8 Å². The van der Waals surface area contributed by atoms with Crippen LogP contribution in [0.3, 0.4) is 0 Å². The zero-order valence-corrected chi connectivity index (χ0v) is 12.9. The number of halogens is 2. The summed E-state index contributed by atoms with van der Waals surface area (Å²) in [4.78, 5) is 15.9. The number of hydrogen-bond donors (Lipinski definition) is 1. The van der Waals surface area contributed by atoms with Gasteiger partial charge in [0.2, 0.25) is 0 Å². The number of aromatic nitrogens is 1. The highest BCUT2D eigenvalue weighted by Crippen LogP contribution is 2.28. The fourth-order valence-corrected chi connectivity index (χ4v) is 3.04. The van der Waals surface area contributed by atoms with Crippen molar-refractivity contribution in [1.29, 1.82) is 0 Å². The highest BCUT2D eigenvalue weighted by molar-refractivity contribution is 7.98. The van der Waals surface area contributed by atoms with Gasteiger partial charge in [-0.2, -0.15) is 0 Å². The molecule has 0 spiro atoms. The van der Waals surface area contributed by atoms with Gasteiger partial charge in [-0.1, -0.05) is 35.3 Å². The molecule has 20 heavy (non-hydrogen) atoms. The van der Waals surface area contributed by atoms with Crippen LogP contribution >= 0.6 is 35.0 Å². The number of carboxylic acids is 1. The maximum absolute atomic E-state index is 11.1. The average molecular weight is 328 g/mol. The van der Waals surface area contributed by atoms with E-state index in [2.05, 4.69) is 4.98 Å². The number of rotatable bonds is 4. The largest absolute Gasteiger partial charge is 0.478 e. The first-order chi connectivity index (χ1) is 9.47. The molecule has 0 fully saturated rings. The van der Waals surface area contributed by atoms with Crippen LogP contribution in [0.1, 0.15) is 21.5 Å². The first kappa shape index (κ1) is 15.2. The summed E-state index contributed by atoms with van der Waals surface area (Å²) in [7, 11) is 0. The van der Waals surface area contributed by atoms with Crippen LogP contribution in [-0.2, 0) is 5.75 Å².